The van der Waals surface area contributed by atoms with Crippen LogP contribution < -0.4 is 11.2 Å². The average molecular weight is 340 g/mol. The number of para-hydroxylation sites is 1. The van der Waals surface area contributed by atoms with Crippen LogP contribution >= 0.6 is 0 Å². The molecular weight excluding hydrogens is 320 g/mol. The van der Waals surface area contributed by atoms with Crippen LogP contribution in [0.25, 0.3) is 10.9 Å². The lowest BCUT2D eigenvalue weighted by Crippen LogP contribution is -2.39. The van der Waals surface area contributed by atoms with Crippen LogP contribution in [0.5, 0.6) is 5.88 Å². The van der Waals surface area contributed by atoms with Crippen LogP contribution in [0.3, 0.4) is 0 Å². The minimum atomic E-state index is -0.593. The predicted octanol–water partition coefficient (Wildman–Crippen LogP) is 1.32. The number of fused-ring (bicyclic) bond motifs is 3. The number of likely N-dealkylation sites (N-methyl/N-ethyl adjacent to an activating group) is 1. The van der Waals surface area contributed by atoms with Gasteiger partial charge in [0.15, 0.2) is 0 Å². The van der Waals surface area contributed by atoms with E-state index in [-0.39, 0.29) is 18.0 Å². The fraction of sp³-hybridized carbons (Fsp3) is 0.333. The van der Waals surface area contributed by atoms with Gasteiger partial charge in [-0.3, -0.25) is 19.2 Å². The highest BCUT2D eigenvalue weighted by Gasteiger charge is 2.34. The molecule has 0 aliphatic carbocycles. The van der Waals surface area contributed by atoms with E-state index in [0.717, 1.165) is 35.1 Å². The standard InChI is InChI=1S/C18H20N4O3/c1-3-22-17(24)13(16(23)20-18(22)25)15-14-11(8-9-21(15)2)10-6-4-5-7-12(10)19-14/h4-7,15,19,24H,3,8-9H2,1-2H3,(H,20,23,25)/t15-/m0/s1. The topological polar surface area (TPSA) is 94.1 Å². The van der Waals surface area contributed by atoms with Crippen LogP contribution in [-0.4, -0.2) is 38.1 Å². The predicted molar refractivity (Wildman–Crippen MR) is 95.1 cm³/mol. The van der Waals surface area contributed by atoms with Crippen molar-refractivity contribution in [3.63, 3.8) is 0 Å². The highest BCUT2D eigenvalue weighted by molar-refractivity contribution is 5.85. The fourth-order valence-electron chi connectivity index (χ4n) is 3.84. The third kappa shape index (κ3) is 2.23. The smallest absolute Gasteiger partial charge is 0.331 e. The first-order valence-electron chi connectivity index (χ1n) is 8.38. The molecule has 7 heteroatoms. The van der Waals surface area contributed by atoms with E-state index in [0.29, 0.717) is 0 Å². The van der Waals surface area contributed by atoms with Crippen molar-refractivity contribution in [2.45, 2.75) is 25.9 Å². The molecule has 0 spiro atoms. The molecule has 130 valence electrons. The van der Waals surface area contributed by atoms with E-state index < -0.39 is 17.3 Å². The number of aromatic amines is 2. The first-order chi connectivity index (χ1) is 12.0. The van der Waals surface area contributed by atoms with E-state index in [1.807, 2.05) is 30.1 Å². The third-order valence-corrected chi connectivity index (χ3v) is 5.07. The number of nitrogens with zero attached hydrogens (tertiary/aromatic N) is 2. The van der Waals surface area contributed by atoms with Crippen LogP contribution in [0.4, 0.5) is 0 Å². The van der Waals surface area contributed by atoms with Gasteiger partial charge in [-0.05, 0) is 32.0 Å². The van der Waals surface area contributed by atoms with Crippen molar-refractivity contribution in [1.29, 1.82) is 0 Å². The fourth-order valence-corrected chi connectivity index (χ4v) is 3.84. The van der Waals surface area contributed by atoms with E-state index in [4.69, 9.17) is 0 Å². The molecule has 7 nitrogen and oxygen atoms in total. The molecule has 4 rings (SSSR count). The Kier molecular flexibility index (Phi) is 3.54. The molecule has 0 bridgehead atoms. The second-order valence-corrected chi connectivity index (χ2v) is 6.44. The van der Waals surface area contributed by atoms with Gasteiger partial charge in [0.05, 0.1) is 6.04 Å². The van der Waals surface area contributed by atoms with Gasteiger partial charge < -0.3 is 10.1 Å². The summed E-state index contributed by atoms with van der Waals surface area (Å²) in [5, 5.41) is 11.8. The summed E-state index contributed by atoms with van der Waals surface area (Å²) >= 11 is 0. The van der Waals surface area contributed by atoms with Crippen molar-refractivity contribution in [2.24, 2.45) is 0 Å². The lowest BCUT2D eigenvalue weighted by molar-refractivity contribution is 0.250. The van der Waals surface area contributed by atoms with Crippen LogP contribution in [0.2, 0.25) is 0 Å². The zero-order valence-corrected chi connectivity index (χ0v) is 14.2. The molecule has 1 atom stereocenters. The Labute approximate surface area is 143 Å². The van der Waals surface area contributed by atoms with Crippen LogP contribution in [0, 0.1) is 0 Å². The SMILES string of the molecule is CCn1c(O)c([C@H]2c3[nH]c4ccccc4c3CCN2C)c(=O)[nH]c1=O. The number of H-pyrrole nitrogens is 2. The summed E-state index contributed by atoms with van der Waals surface area (Å²) in [6.45, 7) is 2.79. The van der Waals surface area contributed by atoms with Crippen molar-refractivity contribution < 1.29 is 5.11 Å². The van der Waals surface area contributed by atoms with E-state index >= 15 is 0 Å². The number of aromatic nitrogens is 3. The molecule has 0 amide bonds. The number of rotatable bonds is 2. The second-order valence-electron chi connectivity index (χ2n) is 6.44. The maximum Gasteiger partial charge on any atom is 0.331 e. The molecule has 1 aliphatic rings. The van der Waals surface area contributed by atoms with Gasteiger partial charge >= 0.3 is 5.69 Å². The van der Waals surface area contributed by atoms with Gasteiger partial charge in [-0.15, -0.1) is 0 Å². The van der Waals surface area contributed by atoms with E-state index in [2.05, 4.69) is 16.0 Å². The normalized spacial score (nSPS) is 17.8. The Balaban J connectivity index is 2.02. The highest BCUT2D eigenvalue weighted by atomic mass is 16.3. The number of hydrogen-bond acceptors (Lipinski definition) is 4. The highest BCUT2D eigenvalue weighted by Crippen LogP contribution is 2.38. The first-order valence-corrected chi connectivity index (χ1v) is 8.38. The number of hydrogen-bond donors (Lipinski definition) is 3. The second kappa shape index (κ2) is 5.63. The monoisotopic (exact) mass is 340 g/mol. The molecule has 0 saturated heterocycles. The molecule has 0 radical (unpaired) electrons. The van der Waals surface area contributed by atoms with Gasteiger partial charge in [-0.2, -0.15) is 0 Å². The van der Waals surface area contributed by atoms with Crippen molar-refractivity contribution >= 4 is 10.9 Å². The average Bonchev–Trinajstić information content (AvgIpc) is 2.95. The molecule has 3 aromatic rings. The Bertz CT molecular complexity index is 1080. The molecule has 0 saturated carbocycles. The first kappa shape index (κ1) is 15.7. The Morgan fingerprint density at radius 1 is 1.24 bits per heavy atom. The molecule has 3 heterocycles. The van der Waals surface area contributed by atoms with Gasteiger partial charge in [-0.1, -0.05) is 18.2 Å². The number of nitrogens with one attached hydrogen (secondary N) is 2. The maximum atomic E-state index is 12.5. The number of aromatic hydroxyl groups is 1. The summed E-state index contributed by atoms with van der Waals surface area (Å²) in [5.41, 5.74) is 2.13. The molecule has 25 heavy (non-hydrogen) atoms. The van der Waals surface area contributed by atoms with Gasteiger partial charge in [0.25, 0.3) is 5.56 Å². The van der Waals surface area contributed by atoms with E-state index in [1.165, 1.54) is 4.57 Å². The summed E-state index contributed by atoms with van der Waals surface area (Å²) in [6, 6.07) is 7.58. The zero-order valence-electron chi connectivity index (χ0n) is 14.2. The molecule has 3 N–H and O–H groups in total. The largest absolute Gasteiger partial charge is 0.494 e. The summed E-state index contributed by atoms with van der Waals surface area (Å²) in [7, 11) is 1.92. The summed E-state index contributed by atoms with van der Waals surface area (Å²) < 4.78 is 1.18. The number of benzene rings is 1. The van der Waals surface area contributed by atoms with Crippen LogP contribution in [0.1, 0.15) is 29.8 Å². The van der Waals surface area contributed by atoms with Crippen molar-refractivity contribution in [3.8, 4) is 5.88 Å². The Hall–Kier alpha value is -2.80. The quantitative estimate of drug-likeness (QED) is 0.656. The molecule has 1 aromatic carbocycles. The minimum Gasteiger partial charge on any atom is -0.494 e. The van der Waals surface area contributed by atoms with E-state index in [9.17, 15) is 14.7 Å². The molecule has 2 aromatic heterocycles. The lowest BCUT2D eigenvalue weighted by atomic mass is 9.94. The molecule has 0 fully saturated rings. The maximum absolute atomic E-state index is 12.5. The van der Waals surface area contributed by atoms with Gasteiger partial charge in [0, 0.05) is 29.7 Å². The van der Waals surface area contributed by atoms with Gasteiger partial charge in [0.2, 0.25) is 5.88 Å². The summed E-state index contributed by atoms with van der Waals surface area (Å²) in [4.78, 5) is 32.2. The van der Waals surface area contributed by atoms with Gasteiger partial charge in [-0.25, -0.2) is 4.79 Å². The minimum absolute atomic E-state index is 0.205. The third-order valence-electron chi connectivity index (χ3n) is 5.07. The van der Waals surface area contributed by atoms with Gasteiger partial charge in [0.1, 0.15) is 5.56 Å². The van der Waals surface area contributed by atoms with Crippen molar-refractivity contribution in [3.05, 3.63) is 61.9 Å². The molecule has 1 aliphatic heterocycles. The zero-order chi connectivity index (χ0) is 17.7. The summed E-state index contributed by atoms with van der Waals surface area (Å²) in [5.74, 6) is -0.264. The van der Waals surface area contributed by atoms with E-state index in [1.54, 1.807) is 6.92 Å². The summed E-state index contributed by atoms with van der Waals surface area (Å²) in [6.07, 6.45) is 0.860. The van der Waals surface area contributed by atoms with Crippen LogP contribution in [-0.2, 0) is 13.0 Å². The Morgan fingerprint density at radius 2 is 2.00 bits per heavy atom. The lowest BCUT2D eigenvalue weighted by Gasteiger charge is -2.32. The Morgan fingerprint density at radius 3 is 2.76 bits per heavy atom. The van der Waals surface area contributed by atoms with Crippen LogP contribution in [0.15, 0.2) is 33.9 Å². The molecule has 0 unspecified atom stereocenters. The van der Waals surface area contributed by atoms with Crippen molar-refractivity contribution in [1.82, 2.24) is 19.4 Å². The molecular formula is C18H20N4O3. The van der Waals surface area contributed by atoms with Crippen molar-refractivity contribution in [2.75, 3.05) is 13.6 Å².